The second kappa shape index (κ2) is 4.71. The Labute approximate surface area is 123 Å². The summed E-state index contributed by atoms with van der Waals surface area (Å²) in [5, 5.41) is 9.44. The Morgan fingerprint density at radius 2 is 1.76 bits per heavy atom. The molecule has 0 fully saturated rings. The summed E-state index contributed by atoms with van der Waals surface area (Å²) in [4.78, 5) is 8.84. The fraction of sp³-hybridized carbons (Fsp3) is 0.235. The van der Waals surface area contributed by atoms with E-state index in [1.807, 2.05) is 24.5 Å². The van der Waals surface area contributed by atoms with Gasteiger partial charge in [-0.3, -0.25) is 9.55 Å². The van der Waals surface area contributed by atoms with Crippen molar-refractivity contribution in [3.63, 3.8) is 0 Å². The number of nitrogens with zero attached hydrogens (tertiary/aromatic N) is 4. The molecule has 0 spiro atoms. The van der Waals surface area contributed by atoms with Gasteiger partial charge >= 0.3 is 0 Å². The molecule has 3 aromatic rings. The fourth-order valence-corrected chi connectivity index (χ4v) is 2.59. The van der Waals surface area contributed by atoms with Gasteiger partial charge in [0.15, 0.2) is 0 Å². The number of aromatic nitrogens is 3. The minimum absolute atomic E-state index is 0.595. The Morgan fingerprint density at radius 1 is 1.05 bits per heavy atom. The van der Waals surface area contributed by atoms with Crippen molar-refractivity contribution < 1.29 is 0 Å². The zero-order chi connectivity index (χ0) is 15.1. The molecule has 0 aliphatic carbocycles. The van der Waals surface area contributed by atoms with Crippen LogP contribution in [0.25, 0.3) is 16.7 Å². The molecule has 0 aliphatic heterocycles. The van der Waals surface area contributed by atoms with Gasteiger partial charge in [-0.15, -0.1) is 0 Å². The molecule has 0 amide bonds. The number of nitriles is 1. The molecule has 0 aliphatic rings. The van der Waals surface area contributed by atoms with E-state index in [1.54, 1.807) is 6.33 Å². The Morgan fingerprint density at radius 3 is 2.48 bits per heavy atom. The van der Waals surface area contributed by atoms with E-state index >= 15 is 0 Å². The van der Waals surface area contributed by atoms with Gasteiger partial charge in [0.2, 0.25) is 0 Å². The van der Waals surface area contributed by atoms with Crippen molar-refractivity contribution in [1.82, 2.24) is 14.5 Å². The number of benzene rings is 1. The number of aryl methyl sites for hydroxylation is 4. The summed E-state index contributed by atoms with van der Waals surface area (Å²) in [6.07, 6.45) is 1.78. The lowest BCUT2D eigenvalue weighted by atomic mass is 10.1. The lowest BCUT2D eigenvalue weighted by molar-refractivity contribution is 1.03. The molecule has 4 nitrogen and oxygen atoms in total. The molecule has 0 atom stereocenters. The molecule has 0 saturated carbocycles. The van der Waals surface area contributed by atoms with Gasteiger partial charge in [-0.05, 0) is 57.0 Å². The Balaban J connectivity index is 2.36. The molecule has 0 N–H and O–H groups in total. The highest BCUT2D eigenvalue weighted by Crippen LogP contribution is 2.25. The summed E-state index contributed by atoms with van der Waals surface area (Å²) >= 11 is 0. The normalized spacial score (nSPS) is 10.8. The number of rotatable bonds is 1. The highest BCUT2D eigenvalue weighted by atomic mass is 15.1. The lowest BCUT2D eigenvalue weighted by Gasteiger charge is -2.10. The molecule has 104 valence electrons. The Bertz CT molecular complexity index is 897. The van der Waals surface area contributed by atoms with Crippen molar-refractivity contribution in [3.05, 3.63) is 52.6 Å². The predicted octanol–water partition coefficient (Wildman–Crippen LogP) is 3.53. The number of fused-ring (bicyclic) bond motifs is 1. The zero-order valence-electron chi connectivity index (χ0n) is 12.6. The highest BCUT2D eigenvalue weighted by Gasteiger charge is 2.13. The van der Waals surface area contributed by atoms with Crippen LogP contribution in [0.1, 0.15) is 28.1 Å². The van der Waals surface area contributed by atoms with E-state index in [1.165, 1.54) is 11.1 Å². The minimum Gasteiger partial charge on any atom is -0.297 e. The van der Waals surface area contributed by atoms with E-state index in [9.17, 15) is 5.26 Å². The van der Waals surface area contributed by atoms with Crippen molar-refractivity contribution in [2.45, 2.75) is 27.7 Å². The van der Waals surface area contributed by atoms with Crippen LogP contribution >= 0.6 is 0 Å². The molecule has 0 unspecified atom stereocenters. The average molecular weight is 276 g/mol. The van der Waals surface area contributed by atoms with Crippen LogP contribution < -0.4 is 0 Å². The summed E-state index contributed by atoms with van der Waals surface area (Å²) in [5.74, 6) is 0. The van der Waals surface area contributed by atoms with E-state index in [4.69, 9.17) is 0 Å². The largest absolute Gasteiger partial charge is 0.297 e. The van der Waals surface area contributed by atoms with Crippen LogP contribution in [0.15, 0.2) is 24.5 Å². The molecule has 2 heterocycles. The highest BCUT2D eigenvalue weighted by molar-refractivity contribution is 5.80. The average Bonchev–Trinajstić information content (AvgIpc) is 2.81. The van der Waals surface area contributed by atoms with E-state index in [0.717, 1.165) is 28.1 Å². The topological polar surface area (TPSA) is 54.5 Å². The maximum Gasteiger partial charge on any atom is 0.103 e. The van der Waals surface area contributed by atoms with Gasteiger partial charge < -0.3 is 0 Å². The molecule has 0 radical (unpaired) electrons. The van der Waals surface area contributed by atoms with Crippen LogP contribution in [0.3, 0.4) is 0 Å². The van der Waals surface area contributed by atoms with E-state index in [-0.39, 0.29) is 0 Å². The first-order valence-electron chi connectivity index (χ1n) is 6.84. The first-order chi connectivity index (χ1) is 10.0. The number of pyridine rings is 1. The van der Waals surface area contributed by atoms with Crippen LogP contribution in [0.2, 0.25) is 0 Å². The third kappa shape index (κ3) is 2.07. The minimum atomic E-state index is 0.595. The lowest BCUT2D eigenvalue weighted by Crippen LogP contribution is -2.02. The maximum absolute atomic E-state index is 9.44. The van der Waals surface area contributed by atoms with Gasteiger partial charge in [0.05, 0.1) is 28.0 Å². The fourth-order valence-electron chi connectivity index (χ4n) is 2.59. The molecular formula is C17H16N4. The second-order valence-corrected chi connectivity index (χ2v) is 5.39. The van der Waals surface area contributed by atoms with Crippen LogP contribution in [0.4, 0.5) is 0 Å². The predicted molar refractivity (Wildman–Crippen MR) is 82.5 cm³/mol. The molecule has 0 saturated heterocycles. The van der Waals surface area contributed by atoms with Crippen LogP contribution in [-0.2, 0) is 0 Å². The Hall–Kier alpha value is -2.67. The zero-order valence-corrected chi connectivity index (χ0v) is 12.6. The van der Waals surface area contributed by atoms with Crippen LogP contribution in [0, 0.1) is 39.0 Å². The van der Waals surface area contributed by atoms with Gasteiger partial charge in [0, 0.05) is 5.69 Å². The molecule has 3 rings (SSSR count). The van der Waals surface area contributed by atoms with E-state index in [0.29, 0.717) is 5.56 Å². The third-order valence-corrected chi connectivity index (χ3v) is 3.84. The summed E-state index contributed by atoms with van der Waals surface area (Å²) in [7, 11) is 0. The van der Waals surface area contributed by atoms with Gasteiger partial charge in [-0.1, -0.05) is 0 Å². The molecule has 0 bridgehead atoms. The smallest absolute Gasteiger partial charge is 0.103 e. The molecule has 2 aromatic heterocycles. The number of imidazole rings is 1. The standard InChI is InChI=1S/C17H16N4/c1-10-5-15-17(6-11(10)2)21(9-19-15)16-7-12(3)20-13(4)14(16)8-18/h5-7,9H,1-4H3. The number of hydrogen-bond donors (Lipinski definition) is 0. The third-order valence-electron chi connectivity index (χ3n) is 3.84. The maximum atomic E-state index is 9.44. The van der Waals surface area contributed by atoms with Crippen molar-refractivity contribution in [2.24, 2.45) is 0 Å². The van der Waals surface area contributed by atoms with Crippen molar-refractivity contribution in [1.29, 1.82) is 5.26 Å². The van der Waals surface area contributed by atoms with Gasteiger partial charge in [0.25, 0.3) is 0 Å². The summed E-state index contributed by atoms with van der Waals surface area (Å²) in [6.45, 7) is 7.96. The molecule has 21 heavy (non-hydrogen) atoms. The van der Waals surface area contributed by atoms with Crippen molar-refractivity contribution >= 4 is 11.0 Å². The quantitative estimate of drug-likeness (QED) is 0.683. The first-order valence-corrected chi connectivity index (χ1v) is 6.84. The van der Waals surface area contributed by atoms with Crippen molar-refractivity contribution in [2.75, 3.05) is 0 Å². The van der Waals surface area contributed by atoms with Crippen LogP contribution in [0.5, 0.6) is 0 Å². The van der Waals surface area contributed by atoms with E-state index < -0.39 is 0 Å². The molecular weight excluding hydrogens is 260 g/mol. The van der Waals surface area contributed by atoms with Gasteiger partial charge in [-0.2, -0.15) is 5.26 Å². The summed E-state index contributed by atoms with van der Waals surface area (Å²) in [6, 6.07) is 8.38. The molecule has 4 heteroatoms. The monoisotopic (exact) mass is 276 g/mol. The second-order valence-electron chi connectivity index (χ2n) is 5.39. The Kier molecular flexibility index (Phi) is 2.99. The van der Waals surface area contributed by atoms with E-state index in [2.05, 4.69) is 42.0 Å². The van der Waals surface area contributed by atoms with Crippen LogP contribution in [-0.4, -0.2) is 14.5 Å². The summed E-state index contributed by atoms with van der Waals surface area (Å²) < 4.78 is 1.97. The summed E-state index contributed by atoms with van der Waals surface area (Å²) in [5.41, 5.74) is 7.46. The number of hydrogen-bond acceptors (Lipinski definition) is 3. The first kappa shape index (κ1) is 13.3. The van der Waals surface area contributed by atoms with Gasteiger partial charge in [0.1, 0.15) is 12.4 Å². The SMILES string of the molecule is Cc1cc(-n2cnc3cc(C)c(C)cc32)c(C#N)c(C)n1. The molecule has 1 aromatic carbocycles. The van der Waals surface area contributed by atoms with Crippen molar-refractivity contribution in [3.8, 4) is 11.8 Å². The van der Waals surface area contributed by atoms with Gasteiger partial charge in [-0.25, -0.2) is 4.98 Å².